The number of phosphoric ester groups is 1. The summed E-state index contributed by atoms with van der Waals surface area (Å²) in [5.74, 6) is -0.871. The Hall–Kier alpha value is -2.29. The molecule has 0 heterocycles. The highest BCUT2D eigenvalue weighted by atomic mass is 31.2. The Balaban J connectivity index is 4.49. The zero-order valence-corrected chi connectivity index (χ0v) is 35.8. The number of rotatable bonds is 37. The molecule has 0 amide bonds. The van der Waals surface area contributed by atoms with E-state index in [-0.39, 0.29) is 26.1 Å². The van der Waals surface area contributed by atoms with Crippen LogP contribution >= 0.6 is 7.82 Å². The van der Waals surface area contributed by atoms with Gasteiger partial charge in [-0.05, 0) is 77.0 Å². The number of likely N-dealkylation sites (N-methyl/N-ethyl adjacent to an activating group) is 1. The smallest absolute Gasteiger partial charge is 0.462 e. The second-order valence-electron chi connectivity index (χ2n) is 15.0. The maximum Gasteiger partial charge on any atom is 0.472 e. The first kappa shape index (κ1) is 51.7. The van der Waals surface area contributed by atoms with Gasteiger partial charge < -0.3 is 18.9 Å². The molecule has 0 spiro atoms. The molecule has 0 aliphatic heterocycles. The fourth-order valence-electron chi connectivity index (χ4n) is 5.23. The van der Waals surface area contributed by atoms with E-state index in [1.54, 1.807) is 0 Å². The van der Waals surface area contributed by atoms with Crippen LogP contribution in [0.2, 0.25) is 0 Å². The van der Waals surface area contributed by atoms with Crippen molar-refractivity contribution in [2.75, 3.05) is 47.5 Å². The Labute approximate surface area is 330 Å². The number of ether oxygens (including phenoxy) is 2. The van der Waals surface area contributed by atoms with Crippen LogP contribution in [0.3, 0.4) is 0 Å². The van der Waals surface area contributed by atoms with Crippen LogP contribution in [0.5, 0.6) is 0 Å². The van der Waals surface area contributed by atoms with E-state index >= 15 is 0 Å². The van der Waals surface area contributed by atoms with E-state index in [1.807, 2.05) is 21.1 Å². The number of hydrogen-bond donors (Lipinski definition) is 1. The average Bonchev–Trinajstić information content (AvgIpc) is 3.12. The molecule has 312 valence electrons. The lowest BCUT2D eigenvalue weighted by atomic mass is 10.1. The highest BCUT2D eigenvalue weighted by Crippen LogP contribution is 2.43. The molecule has 0 aromatic heterocycles. The number of hydrogen-bond acceptors (Lipinski definition) is 7. The molecule has 9 nitrogen and oxygen atoms in total. The molecule has 0 fully saturated rings. The van der Waals surface area contributed by atoms with E-state index in [4.69, 9.17) is 18.5 Å². The van der Waals surface area contributed by atoms with Crippen molar-refractivity contribution in [3.63, 3.8) is 0 Å². The Morgan fingerprint density at radius 1 is 0.593 bits per heavy atom. The first-order chi connectivity index (χ1) is 26.0. The first-order valence-electron chi connectivity index (χ1n) is 21.0. The molecule has 0 aliphatic carbocycles. The van der Waals surface area contributed by atoms with Gasteiger partial charge in [-0.2, -0.15) is 0 Å². The Kier molecular flexibility index (Phi) is 34.8. The number of phosphoric acid groups is 1. The van der Waals surface area contributed by atoms with Gasteiger partial charge in [-0.25, -0.2) is 4.57 Å². The Morgan fingerprint density at radius 3 is 1.63 bits per heavy atom. The number of carbonyl (C=O) groups excluding carboxylic acids is 2. The second-order valence-corrected chi connectivity index (χ2v) is 16.4. The lowest BCUT2D eigenvalue weighted by Gasteiger charge is -2.24. The van der Waals surface area contributed by atoms with Crippen LogP contribution in [-0.4, -0.2) is 74.9 Å². The monoisotopic (exact) mass is 781 g/mol. The number of unbranched alkanes of at least 4 members (excludes halogenated alkanes) is 13. The lowest BCUT2D eigenvalue weighted by Crippen LogP contribution is -2.37. The van der Waals surface area contributed by atoms with Crippen LogP contribution < -0.4 is 0 Å². The fraction of sp³-hybridized carbons (Fsp3) is 0.727. The maximum absolute atomic E-state index is 12.7. The van der Waals surface area contributed by atoms with Crippen LogP contribution in [0.15, 0.2) is 60.8 Å². The van der Waals surface area contributed by atoms with Gasteiger partial charge in [-0.1, -0.05) is 126 Å². The largest absolute Gasteiger partial charge is 0.472 e. The van der Waals surface area contributed by atoms with Gasteiger partial charge in [0.15, 0.2) is 6.10 Å². The molecule has 10 heteroatoms. The van der Waals surface area contributed by atoms with Gasteiger partial charge in [-0.15, -0.1) is 0 Å². The van der Waals surface area contributed by atoms with Gasteiger partial charge in [0, 0.05) is 12.8 Å². The third-order valence-electron chi connectivity index (χ3n) is 8.53. The predicted octanol–water partition coefficient (Wildman–Crippen LogP) is 11.7. The summed E-state index contributed by atoms with van der Waals surface area (Å²) >= 11 is 0. The zero-order chi connectivity index (χ0) is 40.0. The molecule has 0 radical (unpaired) electrons. The highest BCUT2D eigenvalue weighted by molar-refractivity contribution is 7.47. The zero-order valence-electron chi connectivity index (χ0n) is 34.9. The second kappa shape index (κ2) is 36.4. The lowest BCUT2D eigenvalue weighted by molar-refractivity contribution is -0.870. The SMILES string of the molecule is CC/C=C/C/C=C/C/C=C/C/C=C/CCCCC(=O)OC[C@H](COP(=O)(O)OCC[N+](C)(C)C)OC(=O)CCCCC/C=C/CCCCCCCCCC. The molecule has 0 saturated heterocycles. The molecule has 0 aliphatic rings. The van der Waals surface area contributed by atoms with Crippen LogP contribution in [-0.2, 0) is 32.7 Å². The van der Waals surface area contributed by atoms with Gasteiger partial charge in [0.1, 0.15) is 19.8 Å². The fourth-order valence-corrected chi connectivity index (χ4v) is 5.97. The van der Waals surface area contributed by atoms with Gasteiger partial charge in [0.25, 0.3) is 0 Å². The molecule has 1 unspecified atom stereocenters. The van der Waals surface area contributed by atoms with Gasteiger partial charge >= 0.3 is 19.8 Å². The first-order valence-corrected chi connectivity index (χ1v) is 22.5. The van der Waals surface area contributed by atoms with Gasteiger partial charge in [0.05, 0.1) is 27.7 Å². The number of esters is 2. The Bertz CT molecular complexity index is 1110. The maximum atomic E-state index is 12.7. The molecule has 54 heavy (non-hydrogen) atoms. The summed E-state index contributed by atoms with van der Waals surface area (Å²) in [6.45, 7) is 4.22. The number of allylic oxidation sites excluding steroid dienone is 10. The summed E-state index contributed by atoms with van der Waals surface area (Å²) in [4.78, 5) is 35.3. The van der Waals surface area contributed by atoms with Crippen LogP contribution in [0.1, 0.15) is 155 Å². The van der Waals surface area contributed by atoms with Crippen molar-refractivity contribution in [1.82, 2.24) is 0 Å². The molecule has 0 rings (SSSR count). The minimum Gasteiger partial charge on any atom is -0.462 e. The van der Waals surface area contributed by atoms with Crippen molar-refractivity contribution in [1.29, 1.82) is 0 Å². The van der Waals surface area contributed by atoms with E-state index in [0.717, 1.165) is 64.2 Å². The van der Waals surface area contributed by atoms with Crippen LogP contribution in [0.25, 0.3) is 0 Å². The van der Waals surface area contributed by atoms with Gasteiger partial charge in [-0.3, -0.25) is 18.6 Å². The normalized spacial score (nSPS) is 14.3. The predicted molar refractivity (Wildman–Crippen MR) is 224 cm³/mol. The van der Waals surface area contributed by atoms with Crippen molar-refractivity contribution >= 4 is 19.8 Å². The van der Waals surface area contributed by atoms with Crippen molar-refractivity contribution in [2.24, 2.45) is 0 Å². The number of carbonyl (C=O) groups is 2. The summed E-state index contributed by atoms with van der Waals surface area (Å²) in [7, 11) is 1.43. The molecular weight excluding hydrogens is 701 g/mol. The quantitative estimate of drug-likeness (QED) is 0.0218. The van der Waals surface area contributed by atoms with Crippen molar-refractivity contribution in [3.05, 3.63) is 60.8 Å². The summed E-state index contributed by atoms with van der Waals surface area (Å²) < 4.78 is 34.2. The molecular formula is C44H79NO8P+. The van der Waals surface area contributed by atoms with E-state index in [2.05, 4.69) is 74.6 Å². The van der Waals surface area contributed by atoms with E-state index < -0.39 is 32.5 Å². The highest BCUT2D eigenvalue weighted by Gasteiger charge is 2.27. The number of quaternary nitrogens is 1. The van der Waals surface area contributed by atoms with Gasteiger partial charge in [0.2, 0.25) is 0 Å². The van der Waals surface area contributed by atoms with Crippen molar-refractivity contribution in [3.8, 4) is 0 Å². The summed E-state index contributed by atoms with van der Waals surface area (Å²) in [5.41, 5.74) is 0. The molecule has 0 bridgehead atoms. The minimum atomic E-state index is -4.39. The minimum absolute atomic E-state index is 0.0199. The molecule has 0 aromatic rings. The third-order valence-corrected chi connectivity index (χ3v) is 9.52. The Morgan fingerprint density at radius 2 is 1.06 bits per heavy atom. The molecule has 0 aromatic carbocycles. The molecule has 0 saturated carbocycles. The summed E-state index contributed by atoms with van der Waals surface area (Å²) in [5, 5.41) is 0. The molecule has 2 atom stereocenters. The summed E-state index contributed by atoms with van der Waals surface area (Å²) in [6.07, 6.45) is 42.7. The van der Waals surface area contributed by atoms with Crippen molar-refractivity contribution < 1.29 is 42.1 Å². The van der Waals surface area contributed by atoms with E-state index in [9.17, 15) is 19.0 Å². The standard InChI is InChI=1S/C44H78NO8P/c1-6-8-10-12-14-16-18-20-22-24-26-28-30-32-34-36-43(46)50-40-42(41-52-54(48,49)51-39-38-45(3,4)5)53-44(47)37-35-33-31-29-27-25-23-21-19-17-15-13-11-9-7-2/h8,10,14,16,20,22,25-28,42H,6-7,9,11-13,15,17-19,21,23-24,29-41H2,1-5H3/p+1/b10-8+,16-14+,22-20+,27-25+,28-26+/t42-/m1/s1. The average molecular weight is 781 g/mol. The van der Waals surface area contributed by atoms with Crippen LogP contribution in [0.4, 0.5) is 0 Å². The number of nitrogens with zero attached hydrogens (tertiary/aromatic N) is 1. The van der Waals surface area contributed by atoms with Crippen molar-refractivity contribution in [2.45, 2.75) is 161 Å². The third kappa shape index (κ3) is 39.4. The topological polar surface area (TPSA) is 108 Å². The van der Waals surface area contributed by atoms with E-state index in [1.165, 1.54) is 51.4 Å². The van der Waals surface area contributed by atoms with E-state index in [0.29, 0.717) is 23.9 Å². The molecule has 1 N–H and O–H groups in total. The van der Waals surface area contributed by atoms with Crippen LogP contribution in [0, 0.1) is 0 Å². The summed E-state index contributed by atoms with van der Waals surface area (Å²) in [6, 6.07) is 0.